The van der Waals surface area contributed by atoms with Gasteiger partial charge in [-0.05, 0) is 46.5 Å². The lowest BCUT2D eigenvalue weighted by molar-refractivity contribution is -0.117. The van der Waals surface area contributed by atoms with E-state index in [9.17, 15) is 10.1 Å². The number of nitrogens with zero attached hydrogens (tertiary/aromatic N) is 1. The third-order valence-corrected chi connectivity index (χ3v) is 4.64. The van der Waals surface area contributed by atoms with E-state index >= 15 is 0 Å². The summed E-state index contributed by atoms with van der Waals surface area (Å²) in [4.78, 5) is 12.5. The Morgan fingerprint density at radius 2 is 1.79 bits per heavy atom. The minimum atomic E-state index is -0.388. The summed E-state index contributed by atoms with van der Waals surface area (Å²) in [6, 6.07) is 21.3. The van der Waals surface area contributed by atoms with Gasteiger partial charge in [-0.3, -0.25) is 4.79 Å². The van der Waals surface area contributed by atoms with Crippen LogP contribution in [-0.4, -0.2) is 26.7 Å². The van der Waals surface area contributed by atoms with Gasteiger partial charge in [0, 0.05) is 6.54 Å². The van der Waals surface area contributed by atoms with Crippen molar-refractivity contribution in [1.82, 2.24) is 5.32 Å². The Hall–Kier alpha value is -3.78. The van der Waals surface area contributed by atoms with Gasteiger partial charge in [-0.2, -0.15) is 5.26 Å². The Bertz CT molecular complexity index is 1090. The molecule has 1 N–H and O–H groups in total. The Morgan fingerprint density at radius 1 is 1.03 bits per heavy atom. The second-order valence-electron chi connectivity index (χ2n) is 6.43. The fourth-order valence-corrected chi connectivity index (χ4v) is 3.13. The average molecular weight is 386 g/mol. The second-order valence-corrected chi connectivity index (χ2v) is 6.43. The van der Waals surface area contributed by atoms with E-state index in [0.29, 0.717) is 24.5 Å². The lowest BCUT2D eigenvalue weighted by atomic mass is 10.0. The first-order valence-electron chi connectivity index (χ1n) is 9.25. The van der Waals surface area contributed by atoms with Crippen LogP contribution in [0.1, 0.15) is 11.1 Å². The molecule has 0 saturated carbocycles. The molecule has 0 saturated heterocycles. The molecule has 0 fully saturated rings. The highest BCUT2D eigenvalue weighted by Gasteiger charge is 2.10. The fourth-order valence-electron chi connectivity index (χ4n) is 3.13. The molecule has 3 aromatic carbocycles. The quantitative estimate of drug-likeness (QED) is 0.490. The molecule has 0 spiro atoms. The second kappa shape index (κ2) is 9.43. The van der Waals surface area contributed by atoms with Crippen LogP contribution in [0.5, 0.6) is 11.5 Å². The van der Waals surface area contributed by atoms with E-state index in [1.807, 2.05) is 66.7 Å². The molecule has 1 amide bonds. The number of carbonyl (C=O) groups is 1. The van der Waals surface area contributed by atoms with Crippen LogP contribution < -0.4 is 14.8 Å². The molecule has 3 aromatic rings. The largest absolute Gasteiger partial charge is 0.493 e. The lowest BCUT2D eigenvalue weighted by Crippen LogP contribution is -2.26. The van der Waals surface area contributed by atoms with Gasteiger partial charge in [-0.15, -0.1) is 0 Å². The minimum absolute atomic E-state index is 0.0775. The number of amides is 1. The van der Waals surface area contributed by atoms with E-state index in [1.54, 1.807) is 20.3 Å². The zero-order chi connectivity index (χ0) is 20.6. The number of nitriles is 1. The monoisotopic (exact) mass is 386 g/mol. The summed E-state index contributed by atoms with van der Waals surface area (Å²) in [5.74, 6) is 0.913. The predicted octanol–water partition coefficient (Wildman–Crippen LogP) is 4.12. The highest BCUT2D eigenvalue weighted by Crippen LogP contribution is 2.27. The number of benzene rings is 3. The van der Waals surface area contributed by atoms with Gasteiger partial charge in [-0.1, -0.05) is 48.5 Å². The van der Waals surface area contributed by atoms with Crippen molar-refractivity contribution < 1.29 is 14.3 Å². The SMILES string of the molecule is COc1ccc(CCNC(=O)C(C#N)=Cc2cccc3ccccc23)cc1OC. The first-order valence-corrected chi connectivity index (χ1v) is 9.25. The zero-order valence-corrected chi connectivity index (χ0v) is 16.4. The Balaban J connectivity index is 1.69. The van der Waals surface area contributed by atoms with Gasteiger partial charge in [0.15, 0.2) is 11.5 Å². The number of fused-ring (bicyclic) bond motifs is 1. The fraction of sp³-hybridized carbons (Fsp3) is 0.167. The molecular formula is C24H22N2O3. The van der Waals surface area contributed by atoms with Gasteiger partial charge in [0.25, 0.3) is 5.91 Å². The summed E-state index contributed by atoms with van der Waals surface area (Å²) in [6.45, 7) is 0.406. The van der Waals surface area contributed by atoms with Crippen molar-refractivity contribution in [1.29, 1.82) is 5.26 Å². The summed E-state index contributed by atoms with van der Waals surface area (Å²) >= 11 is 0. The summed E-state index contributed by atoms with van der Waals surface area (Å²) in [5.41, 5.74) is 1.92. The predicted molar refractivity (Wildman–Crippen MR) is 114 cm³/mol. The lowest BCUT2D eigenvalue weighted by Gasteiger charge is -2.10. The molecule has 0 heterocycles. The zero-order valence-electron chi connectivity index (χ0n) is 16.4. The van der Waals surface area contributed by atoms with Crippen LogP contribution in [0.25, 0.3) is 16.8 Å². The van der Waals surface area contributed by atoms with E-state index < -0.39 is 0 Å². The van der Waals surface area contributed by atoms with Gasteiger partial charge in [0.1, 0.15) is 11.6 Å². The van der Waals surface area contributed by atoms with E-state index in [0.717, 1.165) is 21.9 Å². The first kappa shape index (κ1) is 20.0. The van der Waals surface area contributed by atoms with Crippen LogP contribution in [0, 0.1) is 11.3 Å². The molecule has 5 nitrogen and oxygen atoms in total. The summed E-state index contributed by atoms with van der Waals surface area (Å²) < 4.78 is 10.5. The van der Waals surface area contributed by atoms with E-state index in [1.165, 1.54) is 0 Å². The van der Waals surface area contributed by atoms with Crippen LogP contribution in [-0.2, 0) is 11.2 Å². The third-order valence-electron chi connectivity index (χ3n) is 4.64. The number of ether oxygens (including phenoxy) is 2. The molecule has 0 radical (unpaired) electrons. The van der Waals surface area contributed by atoms with Crippen molar-refractivity contribution in [2.45, 2.75) is 6.42 Å². The highest BCUT2D eigenvalue weighted by molar-refractivity contribution is 6.04. The average Bonchev–Trinajstić information content (AvgIpc) is 2.77. The number of carbonyl (C=O) groups excluding carboxylic acids is 1. The summed E-state index contributed by atoms with van der Waals surface area (Å²) in [7, 11) is 3.17. The van der Waals surface area contributed by atoms with Gasteiger partial charge in [0.2, 0.25) is 0 Å². The molecule has 3 rings (SSSR count). The highest BCUT2D eigenvalue weighted by atomic mass is 16.5. The maximum Gasteiger partial charge on any atom is 0.261 e. The van der Waals surface area contributed by atoms with E-state index in [2.05, 4.69) is 5.32 Å². The molecule has 5 heteroatoms. The molecular weight excluding hydrogens is 364 g/mol. The van der Waals surface area contributed by atoms with Gasteiger partial charge < -0.3 is 14.8 Å². The third kappa shape index (κ3) is 4.74. The smallest absolute Gasteiger partial charge is 0.261 e. The van der Waals surface area contributed by atoms with Crippen molar-refractivity contribution in [3.05, 3.63) is 77.4 Å². The number of nitrogens with one attached hydrogen (secondary N) is 1. The molecule has 146 valence electrons. The topological polar surface area (TPSA) is 71.3 Å². The Morgan fingerprint density at radius 3 is 2.55 bits per heavy atom. The van der Waals surface area contributed by atoms with Gasteiger partial charge in [-0.25, -0.2) is 0 Å². The van der Waals surface area contributed by atoms with Gasteiger partial charge in [0.05, 0.1) is 14.2 Å². The molecule has 0 aliphatic rings. The van der Waals surface area contributed by atoms with Gasteiger partial charge >= 0.3 is 0 Å². The standard InChI is InChI=1S/C24H22N2O3/c1-28-22-11-10-17(14-23(22)29-2)12-13-26-24(27)20(16-25)15-19-8-5-7-18-6-3-4-9-21(18)19/h3-11,14-15H,12-13H2,1-2H3,(H,26,27). The van der Waals surface area contributed by atoms with Crippen molar-refractivity contribution in [3.8, 4) is 17.6 Å². The normalized spacial score (nSPS) is 11.0. The first-order chi connectivity index (χ1) is 14.2. The molecule has 0 aromatic heterocycles. The van der Waals surface area contributed by atoms with Crippen molar-refractivity contribution in [2.24, 2.45) is 0 Å². The molecule has 0 unspecified atom stereocenters. The van der Waals surface area contributed by atoms with Crippen LogP contribution >= 0.6 is 0 Å². The number of rotatable bonds is 7. The maximum atomic E-state index is 12.5. The maximum absolute atomic E-state index is 12.5. The molecule has 0 aliphatic heterocycles. The number of hydrogen-bond donors (Lipinski definition) is 1. The van der Waals surface area contributed by atoms with E-state index in [4.69, 9.17) is 9.47 Å². The van der Waals surface area contributed by atoms with Crippen LogP contribution in [0.15, 0.2) is 66.2 Å². The van der Waals surface area contributed by atoms with Crippen LogP contribution in [0.3, 0.4) is 0 Å². The molecule has 29 heavy (non-hydrogen) atoms. The molecule has 0 atom stereocenters. The Labute approximate surface area is 170 Å². The van der Waals surface area contributed by atoms with Crippen LogP contribution in [0.2, 0.25) is 0 Å². The molecule has 0 bridgehead atoms. The summed E-state index contributed by atoms with van der Waals surface area (Å²) in [5, 5.41) is 14.3. The molecule has 0 aliphatic carbocycles. The number of hydrogen-bond acceptors (Lipinski definition) is 4. The van der Waals surface area contributed by atoms with Crippen LogP contribution in [0.4, 0.5) is 0 Å². The minimum Gasteiger partial charge on any atom is -0.493 e. The van der Waals surface area contributed by atoms with E-state index in [-0.39, 0.29) is 11.5 Å². The summed E-state index contributed by atoms with van der Waals surface area (Å²) in [6.07, 6.45) is 2.24. The van der Waals surface area contributed by atoms with Crippen molar-refractivity contribution in [3.63, 3.8) is 0 Å². The van der Waals surface area contributed by atoms with Crippen molar-refractivity contribution in [2.75, 3.05) is 20.8 Å². The van der Waals surface area contributed by atoms with Crippen molar-refractivity contribution >= 4 is 22.8 Å². The Kier molecular flexibility index (Phi) is 6.49. The number of methoxy groups -OCH3 is 2.